The van der Waals surface area contributed by atoms with E-state index in [1.165, 1.54) is 24.8 Å². The number of hydrogen-bond acceptors (Lipinski definition) is 2. The first-order valence-corrected chi connectivity index (χ1v) is 6.24. The van der Waals surface area contributed by atoms with Crippen molar-refractivity contribution in [2.45, 2.75) is 45.1 Å². The Kier molecular flexibility index (Phi) is 5.25. The highest BCUT2D eigenvalue weighted by atomic mass is 16.4. The predicted molar refractivity (Wildman–Crippen MR) is 64.8 cm³/mol. The molecule has 0 saturated heterocycles. The van der Waals surface area contributed by atoms with Crippen LogP contribution < -0.4 is 5.32 Å². The van der Waals surface area contributed by atoms with Gasteiger partial charge >= 0.3 is 12.0 Å². The van der Waals surface area contributed by atoms with Crippen molar-refractivity contribution in [3.8, 4) is 0 Å². The van der Waals surface area contributed by atoms with Crippen molar-refractivity contribution in [1.82, 2.24) is 10.2 Å². The number of nitrogens with zero attached hydrogens (tertiary/aromatic N) is 1. The molecule has 1 aliphatic carbocycles. The molecule has 2 atom stereocenters. The largest absolute Gasteiger partial charge is 0.480 e. The van der Waals surface area contributed by atoms with E-state index >= 15 is 0 Å². The number of carboxylic acids is 1. The second kappa shape index (κ2) is 6.47. The number of carbonyl (C=O) groups excluding carboxylic acids is 1. The summed E-state index contributed by atoms with van der Waals surface area (Å²) in [5, 5.41) is 11.6. The SMILES string of the molecule is CC1CCCCCC1NC(=O)N(C)CC(=O)O. The molecule has 2 amide bonds. The Bertz CT molecular complexity index is 281. The molecule has 98 valence electrons. The lowest BCUT2D eigenvalue weighted by molar-refractivity contribution is -0.137. The number of likely N-dealkylation sites (N-methyl/N-ethyl adjacent to an activating group) is 1. The molecule has 2 N–H and O–H groups in total. The van der Waals surface area contributed by atoms with E-state index < -0.39 is 5.97 Å². The minimum Gasteiger partial charge on any atom is -0.480 e. The van der Waals surface area contributed by atoms with E-state index in [1.54, 1.807) is 0 Å². The van der Waals surface area contributed by atoms with Crippen LogP contribution in [0.25, 0.3) is 0 Å². The minimum absolute atomic E-state index is 0.182. The van der Waals surface area contributed by atoms with Crippen molar-refractivity contribution in [3.63, 3.8) is 0 Å². The van der Waals surface area contributed by atoms with E-state index in [2.05, 4.69) is 12.2 Å². The van der Waals surface area contributed by atoms with Crippen molar-refractivity contribution >= 4 is 12.0 Å². The molecule has 1 fully saturated rings. The van der Waals surface area contributed by atoms with E-state index in [1.807, 2.05) is 0 Å². The number of amides is 2. The normalized spacial score (nSPS) is 24.8. The second-order valence-electron chi connectivity index (χ2n) is 4.92. The first kappa shape index (κ1) is 13.8. The monoisotopic (exact) mass is 242 g/mol. The molecule has 0 bridgehead atoms. The van der Waals surface area contributed by atoms with Gasteiger partial charge in [0.05, 0.1) is 0 Å². The lowest BCUT2D eigenvalue weighted by Crippen LogP contribution is -2.46. The van der Waals surface area contributed by atoms with Crippen LogP contribution in [0.15, 0.2) is 0 Å². The number of aliphatic carboxylic acids is 1. The molecule has 1 aliphatic rings. The summed E-state index contributed by atoms with van der Waals surface area (Å²) >= 11 is 0. The van der Waals surface area contributed by atoms with Crippen LogP contribution in [0.1, 0.15) is 39.0 Å². The molecule has 0 aromatic rings. The third-order valence-corrected chi connectivity index (χ3v) is 3.39. The first-order valence-electron chi connectivity index (χ1n) is 6.24. The molecule has 17 heavy (non-hydrogen) atoms. The maximum absolute atomic E-state index is 11.8. The number of urea groups is 1. The third kappa shape index (κ3) is 4.63. The maximum atomic E-state index is 11.8. The molecule has 0 aromatic carbocycles. The number of hydrogen-bond donors (Lipinski definition) is 2. The zero-order chi connectivity index (χ0) is 12.8. The lowest BCUT2D eigenvalue weighted by Gasteiger charge is -2.25. The zero-order valence-electron chi connectivity index (χ0n) is 10.6. The van der Waals surface area contributed by atoms with Crippen LogP contribution in [0, 0.1) is 5.92 Å². The van der Waals surface area contributed by atoms with Crippen LogP contribution in [0.3, 0.4) is 0 Å². The fourth-order valence-corrected chi connectivity index (χ4v) is 2.25. The molecular weight excluding hydrogens is 220 g/mol. The standard InChI is InChI=1S/C12H22N2O3/c1-9-6-4-3-5-7-10(9)13-12(17)14(2)8-11(15)16/h9-10H,3-8H2,1-2H3,(H,13,17)(H,15,16). The van der Waals surface area contributed by atoms with Gasteiger partial charge in [-0.2, -0.15) is 0 Å². The molecule has 1 rings (SSSR count). The van der Waals surface area contributed by atoms with E-state index in [0.29, 0.717) is 5.92 Å². The molecule has 5 heteroatoms. The Balaban J connectivity index is 2.45. The lowest BCUT2D eigenvalue weighted by atomic mass is 9.97. The molecule has 0 spiro atoms. The van der Waals surface area contributed by atoms with Crippen LogP contribution in [-0.2, 0) is 4.79 Å². The smallest absolute Gasteiger partial charge is 0.323 e. The van der Waals surface area contributed by atoms with Gasteiger partial charge in [0.15, 0.2) is 0 Å². The summed E-state index contributed by atoms with van der Waals surface area (Å²) in [6, 6.07) is -0.104. The van der Waals surface area contributed by atoms with Gasteiger partial charge in [0.2, 0.25) is 0 Å². The summed E-state index contributed by atoms with van der Waals surface area (Å²) in [6.07, 6.45) is 5.71. The van der Waals surface area contributed by atoms with Gasteiger partial charge < -0.3 is 15.3 Å². The van der Waals surface area contributed by atoms with Crippen LogP contribution in [0.4, 0.5) is 4.79 Å². The zero-order valence-corrected chi connectivity index (χ0v) is 10.6. The van der Waals surface area contributed by atoms with E-state index in [0.717, 1.165) is 19.3 Å². The van der Waals surface area contributed by atoms with Gasteiger partial charge in [0.1, 0.15) is 6.54 Å². The molecule has 0 heterocycles. The fourth-order valence-electron chi connectivity index (χ4n) is 2.25. The van der Waals surface area contributed by atoms with E-state index in [9.17, 15) is 9.59 Å². The third-order valence-electron chi connectivity index (χ3n) is 3.39. The number of rotatable bonds is 3. The van der Waals surface area contributed by atoms with E-state index in [-0.39, 0.29) is 18.6 Å². The van der Waals surface area contributed by atoms with Gasteiger partial charge in [-0.05, 0) is 18.8 Å². The summed E-state index contributed by atoms with van der Waals surface area (Å²) in [4.78, 5) is 23.5. The van der Waals surface area contributed by atoms with Crippen molar-refractivity contribution in [1.29, 1.82) is 0 Å². The summed E-state index contributed by atoms with van der Waals surface area (Å²) < 4.78 is 0. The molecule has 0 radical (unpaired) electrons. The topological polar surface area (TPSA) is 69.6 Å². The number of carboxylic acid groups (broad SMARTS) is 1. The number of nitrogens with one attached hydrogen (secondary N) is 1. The summed E-state index contributed by atoms with van der Waals surface area (Å²) in [5.41, 5.74) is 0. The number of carbonyl (C=O) groups is 2. The van der Waals surface area contributed by atoms with Crippen molar-refractivity contribution in [2.24, 2.45) is 5.92 Å². The predicted octanol–water partition coefficient (Wildman–Crippen LogP) is 1.68. The van der Waals surface area contributed by atoms with Crippen LogP contribution in [-0.4, -0.2) is 41.6 Å². The van der Waals surface area contributed by atoms with Crippen LogP contribution >= 0.6 is 0 Å². The van der Waals surface area contributed by atoms with Crippen molar-refractivity contribution in [3.05, 3.63) is 0 Å². The van der Waals surface area contributed by atoms with Crippen molar-refractivity contribution < 1.29 is 14.7 Å². The molecule has 1 saturated carbocycles. The van der Waals surface area contributed by atoms with Gasteiger partial charge in [-0.15, -0.1) is 0 Å². The highest BCUT2D eigenvalue weighted by Gasteiger charge is 2.23. The summed E-state index contributed by atoms with van der Waals surface area (Å²) in [7, 11) is 1.50. The Morgan fingerprint density at radius 3 is 2.59 bits per heavy atom. The van der Waals surface area contributed by atoms with Crippen LogP contribution in [0.5, 0.6) is 0 Å². The Morgan fingerprint density at radius 2 is 1.94 bits per heavy atom. The summed E-state index contributed by atoms with van der Waals surface area (Å²) in [5.74, 6) is -0.517. The van der Waals surface area contributed by atoms with Gasteiger partial charge in [0, 0.05) is 13.1 Å². The summed E-state index contributed by atoms with van der Waals surface area (Å²) in [6.45, 7) is 1.89. The second-order valence-corrected chi connectivity index (χ2v) is 4.92. The maximum Gasteiger partial charge on any atom is 0.323 e. The average Bonchev–Trinajstić information content (AvgIpc) is 2.43. The Hall–Kier alpha value is -1.26. The van der Waals surface area contributed by atoms with Gasteiger partial charge in [-0.25, -0.2) is 4.79 Å². The average molecular weight is 242 g/mol. The first-order chi connectivity index (χ1) is 8.00. The highest BCUT2D eigenvalue weighted by molar-refractivity contribution is 5.79. The van der Waals surface area contributed by atoms with Gasteiger partial charge in [-0.1, -0.05) is 26.2 Å². The van der Waals surface area contributed by atoms with Crippen LogP contribution in [0.2, 0.25) is 0 Å². The fraction of sp³-hybridized carbons (Fsp3) is 0.833. The minimum atomic E-state index is -0.989. The Morgan fingerprint density at radius 1 is 1.29 bits per heavy atom. The molecule has 5 nitrogen and oxygen atoms in total. The molecule has 0 aliphatic heterocycles. The quantitative estimate of drug-likeness (QED) is 0.740. The van der Waals surface area contributed by atoms with Gasteiger partial charge in [0.25, 0.3) is 0 Å². The Labute approximate surface area is 102 Å². The molecule has 2 unspecified atom stereocenters. The van der Waals surface area contributed by atoms with E-state index in [4.69, 9.17) is 5.11 Å². The molecule has 0 aromatic heterocycles. The van der Waals surface area contributed by atoms with Crippen molar-refractivity contribution in [2.75, 3.05) is 13.6 Å². The highest BCUT2D eigenvalue weighted by Crippen LogP contribution is 2.22. The van der Waals surface area contributed by atoms with Gasteiger partial charge in [-0.3, -0.25) is 4.79 Å². The molecular formula is C12H22N2O3.